The Morgan fingerprint density at radius 3 is 3.00 bits per heavy atom. The van der Waals surface area contributed by atoms with E-state index in [1.807, 2.05) is 0 Å². The molecule has 0 saturated heterocycles. The predicted octanol–water partition coefficient (Wildman–Crippen LogP) is 0.959. The minimum atomic E-state index is -0.387. The Labute approximate surface area is 131 Å². The maximum atomic E-state index is 11.9. The highest BCUT2D eigenvalue weighted by atomic mass is 16.3. The van der Waals surface area contributed by atoms with Crippen LogP contribution in [-0.4, -0.2) is 57.0 Å². The fourth-order valence-electron chi connectivity index (χ4n) is 2.63. The van der Waals surface area contributed by atoms with Crippen LogP contribution in [0.4, 0.5) is 4.79 Å². The van der Waals surface area contributed by atoms with E-state index in [0.717, 1.165) is 24.6 Å². The summed E-state index contributed by atoms with van der Waals surface area (Å²) in [5.41, 5.74) is 0. The topological polar surface area (TPSA) is 83.3 Å². The van der Waals surface area contributed by atoms with Crippen molar-refractivity contribution >= 4 is 6.03 Å². The smallest absolute Gasteiger partial charge is 0.317 e. The number of aryl methyl sites for hydroxylation is 1. The Bertz CT molecular complexity index is 486. The lowest BCUT2D eigenvalue weighted by molar-refractivity contribution is 0.163. The molecule has 1 atom stereocenters. The van der Waals surface area contributed by atoms with Gasteiger partial charge in [-0.2, -0.15) is 0 Å². The SMILES string of the molecule is CC(O)CCN(C)C(=O)NCCc1nnc2n1CCCCC2. The van der Waals surface area contributed by atoms with Crippen molar-refractivity contribution in [1.82, 2.24) is 25.0 Å². The molecule has 22 heavy (non-hydrogen) atoms. The van der Waals surface area contributed by atoms with Crippen LogP contribution in [0.3, 0.4) is 0 Å². The number of fused-ring (bicyclic) bond motifs is 1. The molecule has 0 aliphatic carbocycles. The summed E-state index contributed by atoms with van der Waals surface area (Å²) < 4.78 is 2.20. The first-order chi connectivity index (χ1) is 10.6. The van der Waals surface area contributed by atoms with Crippen molar-refractivity contribution in [3.63, 3.8) is 0 Å². The second-order valence-electron chi connectivity index (χ2n) is 6.04. The third-order valence-corrected chi connectivity index (χ3v) is 4.04. The molecule has 7 heteroatoms. The number of hydrogen-bond acceptors (Lipinski definition) is 4. The molecule has 0 fully saturated rings. The van der Waals surface area contributed by atoms with Crippen LogP contribution in [0.2, 0.25) is 0 Å². The molecule has 124 valence electrons. The zero-order valence-corrected chi connectivity index (χ0v) is 13.6. The predicted molar refractivity (Wildman–Crippen MR) is 83.6 cm³/mol. The molecule has 7 nitrogen and oxygen atoms in total. The number of amides is 2. The Morgan fingerprint density at radius 2 is 2.23 bits per heavy atom. The van der Waals surface area contributed by atoms with E-state index in [4.69, 9.17) is 0 Å². The first-order valence-electron chi connectivity index (χ1n) is 8.16. The van der Waals surface area contributed by atoms with E-state index < -0.39 is 0 Å². The summed E-state index contributed by atoms with van der Waals surface area (Å²) >= 11 is 0. The van der Waals surface area contributed by atoms with Crippen molar-refractivity contribution in [2.45, 2.75) is 58.1 Å². The zero-order chi connectivity index (χ0) is 15.9. The van der Waals surface area contributed by atoms with Crippen molar-refractivity contribution in [3.8, 4) is 0 Å². The van der Waals surface area contributed by atoms with Crippen LogP contribution in [0.5, 0.6) is 0 Å². The molecule has 0 aromatic carbocycles. The third kappa shape index (κ3) is 4.69. The van der Waals surface area contributed by atoms with Gasteiger partial charge in [0.25, 0.3) is 0 Å². The Morgan fingerprint density at radius 1 is 1.41 bits per heavy atom. The van der Waals surface area contributed by atoms with Crippen LogP contribution in [0.15, 0.2) is 0 Å². The van der Waals surface area contributed by atoms with Crippen molar-refractivity contribution in [1.29, 1.82) is 0 Å². The summed E-state index contributed by atoms with van der Waals surface area (Å²) in [6.45, 7) is 3.81. The molecular weight excluding hydrogens is 282 g/mol. The van der Waals surface area contributed by atoms with E-state index in [2.05, 4.69) is 20.1 Å². The second kappa shape index (κ2) is 8.12. The number of urea groups is 1. The van der Waals surface area contributed by atoms with Crippen LogP contribution < -0.4 is 5.32 Å². The number of aromatic nitrogens is 3. The maximum absolute atomic E-state index is 11.9. The average Bonchev–Trinajstić information content (AvgIpc) is 2.72. The van der Waals surface area contributed by atoms with Crippen LogP contribution in [0, 0.1) is 0 Å². The number of nitrogens with zero attached hydrogens (tertiary/aromatic N) is 4. The van der Waals surface area contributed by atoms with Crippen LogP contribution in [-0.2, 0) is 19.4 Å². The van der Waals surface area contributed by atoms with Gasteiger partial charge >= 0.3 is 6.03 Å². The molecule has 0 saturated carbocycles. The highest BCUT2D eigenvalue weighted by molar-refractivity contribution is 5.73. The summed E-state index contributed by atoms with van der Waals surface area (Å²) in [5.74, 6) is 2.04. The van der Waals surface area contributed by atoms with Gasteiger partial charge in [-0.05, 0) is 26.2 Å². The van der Waals surface area contributed by atoms with Gasteiger partial charge in [0.05, 0.1) is 6.10 Å². The average molecular weight is 309 g/mol. The highest BCUT2D eigenvalue weighted by Gasteiger charge is 2.15. The quantitative estimate of drug-likeness (QED) is 0.820. The van der Waals surface area contributed by atoms with E-state index in [1.54, 1.807) is 18.9 Å². The molecule has 0 bridgehead atoms. The largest absolute Gasteiger partial charge is 0.393 e. The minimum Gasteiger partial charge on any atom is -0.393 e. The molecule has 2 heterocycles. The van der Waals surface area contributed by atoms with E-state index in [0.29, 0.717) is 25.9 Å². The molecule has 0 radical (unpaired) electrons. The lowest BCUT2D eigenvalue weighted by Crippen LogP contribution is -2.39. The lowest BCUT2D eigenvalue weighted by Gasteiger charge is -2.18. The minimum absolute atomic E-state index is 0.115. The molecular formula is C15H27N5O2. The number of hydrogen-bond donors (Lipinski definition) is 2. The summed E-state index contributed by atoms with van der Waals surface area (Å²) in [7, 11) is 1.74. The number of aliphatic hydroxyl groups is 1. The number of aliphatic hydroxyl groups excluding tert-OH is 1. The number of carbonyl (C=O) groups is 1. The van der Waals surface area contributed by atoms with E-state index in [9.17, 15) is 9.90 Å². The van der Waals surface area contributed by atoms with Gasteiger partial charge in [0.15, 0.2) is 0 Å². The van der Waals surface area contributed by atoms with Gasteiger partial charge in [0, 0.05) is 39.5 Å². The second-order valence-corrected chi connectivity index (χ2v) is 6.04. The Hall–Kier alpha value is -1.63. The molecule has 0 spiro atoms. The number of carbonyl (C=O) groups excluding carboxylic acids is 1. The standard InChI is InChI=1S/C15H27N5O2/c1-12(21)8-11-19(2)15(22)16-9-7-14-18-17-13-6-4-3-5-10-20(13)14/h12,21H,3-11H2,1-2H3,(H,16,22). The van der Waals surface area contributed by atoms with Gasteiger partial charge in [0.1, 0.15) is 11.6 Å². The lowest BCUT2D eigenvalue weighted by atomic mass is 10.2. The maximum Gasteiger partial charge on any atom is 0.317 e. The molecule has 2 N–H and O–H groups in total. The van der Waals surface area contributed by atoms with Gasteiger partial charge in [-0.15, -0.1) is 10.2 Å². The van der Waals surface area contributed by atoms with E-state index >= 15 is 0 Å². The molecule has 1 aromatic heterocycles. The van der Waals surface area contributed by atoms with Gasteiger partial charge in [0.2, 0.25) is 0 Å². The molecule has 1 aliphatic rings. The van der Waals surface area contributed by atoms with Gasteiger partial charge in [-0.1, -0.05) is 6.42 Å². The molecule has 1 aliphatic heterocycles. The summed E-state index contributed by atoms with van der Waals surface area (Å²) in [6, 6.07) is -0.115. The van der Waals surface area contributed by atoms with Crippen LogP contribution >= 0.6 is 0 Å². The van der Waals surface area contributed by atoms with Crippen molar-refractivity contribution in [3.05, 3.63) is 11.6 Å². The van der Waals surface area contributed by atoms with Crippen molar-refractivity contribution in [2.75, 3.05) is 20.1 Å². The first kappa shape index (κ1) is 16.7. The summed E-state index contributed by atoms with van der Waals surface area (Å²) in [5, 5.41) is 20.7. The third-order valence-electron chi connectivity index (χ3n) is 4.04. The van der Waals surface area contributed by atoms with Crippen molar-refractivity contribution < 1.29 is 9.90 Å². The number of nitrogens with one attached hydrogen (secondary N) is 1. The normalized spacial score (nSPS) is 15.8. The first-order valence-corrected chi connectivity index (χ1v) is 8.16. The Balaban J connectivity index is 1.76. The van der Waals surface area contributed by atoms with E-state index in [1.165, 1.54) is 19.3 Å². The monoisotopic (exact) mass is 309 g/mol. The summed E-state index contributed by atoms with van der Waals surface area (Å²) in [6.07, 6.45) is 5.50. The molecule has 1 unspecified atom stereocenters. The number of rotatable bonds is 6. The molecule has 2 amide bonds. The fraction of sp³-hybridized carbons (Fsp3) is 0.800. The zero-order valence-electron chi connectivity index (χ0n) is 13.6. The molecule has 1 aromatic rings. The highest BCUT2D eigenvalue weighted by Crippen LogP contribution is 2.14. The molecule has 2 rings (SSSR count). The fourth-order valence-corrected chi connectivity index (χ4v) is 2.63. The van der Waals surface area contributed by atoms with Gasteiger partial charge in [-0.3, -0.25) is 0 Å². The summed E-state index contributed by atoms with van der Waals surface area (Å²) in [4.78, 5) is 13.5. The Kier molecular flexibility index (Phi) is 6.18. The van der Waals surface area contributed by atoms with Crippen LogP contribution in [0.1, 0.15) is 44.3 Å². The van der Waals surface area contributed by atoms with Crippen LogP contribution in [0.25, 0.3) is 0 Å². The van der Waals surface area contributed by atoms with E-state index in [-0.39, 0.29) is 12.1 Å². The van der Waals surface area contributed by atoms with Gasteiger partial charge < -0.3 is 19.9 Å². The van der Waals surface area contributed by atoms with Crippen molar-refractivity contribution in [2.24, 2.45) is 0 Å². The van der Waals surface area contributed by atoms with Gasteiger partial charge in [-0.25, -0.2) is 4.79 Å².